The predicted octanol–water partition coefficient (Wildman–Crippen LogP) is 6.18. The second-order valence-corrected chi connectivity index (χ2v) is 11.2. The molecule has 2 atom stereocenters. The summed E-state index contributed by atoms with van der Waals surface area (Å²) in [4.78, 5) is 55.5. The average Bonchev–Trinajstić information content (AvgIpc) is 3.09. The van der Waals surface area contributed by atoms with Gasteiger partial charge in [-0.2, -0.15) is 13.2 Å². The van der Waals surface area contributed by atoms with E-state index in [1.165, 1.54) is 49.4 Å². The predicted molar refractivity (Wildman–Crippen MR) is 171 cm³/mol. The molecule has 0 aliphatic carbocycles. The molecule has 3 aromatic rings. The van der Waals surface area contributed by atoms with Gasteiger partial charge in [0.2, 0.25) is 17.7 Å². The molecule has 264 valence electrons. The number of hydrogen-bond acceptors (Lipinski definition) is 10. The minimum atomic E-state index is -4.73. The molecule has 0 spiro atoms. The van der Waals surface area contributed by atoms with Crippen LogP contribution in [0.3, 0.4) is 0 Å². The number of pyridine rings is 1. The molecule has 16 heteroatoms. The van der Waals surface area contributed by atoms with Crippen molar-refractivity contribution in [3.63, 3.8) is 0 Å². The van der Waals surface area contributed by atoms with Crippen LogP contribution in [-0.4, -0.2) is 66.3 Å². The summed E-state index contributed by atoms with van der Waals surface area (Å²) in [6, 6.07) is 5.13. The first kappa shape index (κ1) is 36.8. The van der Waals surface area contributed by atoms with Crippen LogP contribution in [0.5, 0.6) is 5.88 Å². The zero-order valence-corrected chi connectivity index (χ0v) is 27.8. The normalized spacial score (nSPS) is 15.7. The van der Waals surface area contributed by atoms with E-state index in [1.807, 2.05) is 6.92 Å². The lowest BCUT2D eigenvalue weighted by Gasteiger charge is -2.43. The summed E-state index contributed by atoms with van der Waals surface area (Å²) >= 11 is 0. The molecule has 0 saturated heterocycles. The minimum Gasteiger partial charge on any atom is -0.481 e. The highest BCUT2D eigenvalue weighted by Gasteiger charge is 2.41. The van der Waals surface area contributed by atoms with Crippen LogP contribution in [-0.2, 0) is 38.5 Å². The van der Waals surface area contributed by atoms with Crippen LogP contribution in [0.25, 0.3) is 0 Å². The van der Waals surface area contributed by atoms with E-state index in [-0.39, 0.29) is 67.1 Å². The molecule has 0 N–H and O–H groups in total. The Kier molecular flexibility index (Phi) is 12.0. The number of hydrogen-bond donors (Lipinski definition) is 0. The number of carbonyl (C=O) groups is 3. The second kappa shape index (κ2) is 15.9. The Bertz CT molecular complexity index is 1640. The first-order valence-corrected chi connectivity index (χ1v) is 15.6. The van der Waals surface area contributed by atoms with Gasteiger partial charge in [0.15, 0.2) is 0 Å². The topological polar surface area (TPSA) is 127 Å². The molecule has 2 amide bonds. The fourth-order valence-electron chi connectivity index (χ4n) is 5.73. The Morgan fingerprint density at radius 2 is 1.73 bits per heavy atom. The van der Waals surface area contributed by atoms with Crippen LogP contribution in [0.1, 0.15) is 68.5 Å². The molecular weight excluding hydrogens is 652 g/mol. The molecule has 3 heterocycles. The molecule has 0 fully saturated rings. The van der Waals surface area contributed by atoms with Gasteiger partial charge in [-0.15, -0.1) is 0 Å². The number of alkyl halides is 4. The number of benzene rings is 1. The second-order valence-electron chi connectivity index (χ2n) is 11.2. The number of halogens is 4. The summed E-state index contributed by atoms with van der Waals surface area (Å²) in [5.74, 6) is -0.633. The number of methoxy groups -OCH3 is 2. The van der Waals surface area contributed by atoms with Gasteiger partial charge >= 0.3 is 18.2 Å². The van der Waals surface area contributed by atoms with Gasteiger partial charge in [0.25, 0.3) is 0 Å². The van der Waals surface area contributed by atoms with Crippen molar-refractivity contribution in [2.24, 2.45) is 0 Å². The van der Waals surface area contributed by atoms with Crippen molar-refractivity contribution in [3.8, 4) is 5.88 Å². The SMILES string of the molecule is CCOC(=O)N1c2ccc(OC)nc2[C@@H](N(Cc2cc(CF)cc(C(F)(F)F)c2)c2ncc(N(CCC(=O)OC)C(C)=O)cn2)C[C@H]1CC. The van der Waals surface area contributed by atoms with E-state index < -0.39 is 42.6 Å². The quantitative estimate of drug-likeness (QED) is 0.161. The van der Waals surface area contributed by atoms with E-state index in [2.05, 4.69) is 19.7 Å². The van der Waals surface area contributed by atoms with Gasteiger partial charge < -0.3 is 24.0 Å². The number of carbonyl (C=O) groups excluding carboxylic acids is 3. The summed E-state index contributed by atoms with van der Waals surface area (Å²) < 4.78 is 70.9. The summed E-state index contributed by atoms with van der Waals surface area (Å²) in [6.45, 7) is 3.67. The van der Waals surface area contributed by atoms with Gasteiger partial charge in [-0.3, -0.25) is 14.5 Å². The van der Waals surface area contributed by atoms with Crippen molar-refractivity contribution < 1.29 is 46.2 Å². The lowest BCUT2D eigenvalue weighted by Crippen LogP contribution is -2.48. The van der Waals surface area contributed by atoms with E-state index >= 15 is 0 Å². The van der Waals surface area contributed by atoms with Crippen molar-refractivity contribution in [3.05, 3.63) is 65.1 Å². The summed E-state index contributed by atoms with van der Waals surface area (Å²) in [5, 5.41) is 0. The number of rotatable bonds is 12. The molecule has 0 bridgehead atoms. The van der Waals surface area contributed by atoms with Crippen molar-refractivity contribution in [1.29, 1.82) is 0 Å². The maximum absolute atomic E-state index is 13.9. The standard InChI is InChI=1S/C33H38F4N6O6/c1-6-24-15-27(30-26(8-9-28(40-30)47-4)43(24)32(46)49-7-2)42(19-22-12-21(16-34)13-23(14-22)33(35,36)37)31-38-17-25(18-39-31)41(20(3)44)11-10-29(45)48-5/h8-9,12-14,17-18,24,27H,6-7,10-11,15-16,19H2,1-5H3/t24-,27+/m1/s1. The number of esters is 1. The molecule has 4 rings (SSSR count). The first-order valence-electron chi connectivity index (χ1n) is 15.6. The third-order valence-corrected chi connectivity index (χ3v) is 8.06. The molecule has 12 nitrogen and oxygen atoms in total. The third kappa shape index (κ3) is 8.53. The Hall–Kier alpha value is -5.02. The van der Waals surface area contributed by atoms with Crippen molar-refractivity contribution in [1.82, 2.24) is 15.0 Å². The zero-order chi connectivity index (χ0) is 35.9. The van der Waals surface area contributed by atoms with Crippen LogP contribution in [0.15, 0.2) is 42.7 Å². The Balaban J connectivity index is 1.88. The van der Waals surface area contributed by atoms with E-state index in [0.29, 0.717) is 17.8 Å². The molecule has 2 aromatic heterocycles. The van der Waals surface area contributed by atoms with Crippen LogP contribution in [0, 0.1) is 0 Å². The van der Waals surface area contributed by atoms with Gasteiger partial charge in [-0.1, -0.05) is 13.0 Å². The van der Waals surface area contributed by atoms with Gasteiger partial charge in [0.1, 0.15) is 6.67 Å². The molecule has 1 aromatic carbocycles. The molecule has 1 aliphatic heterocycles. The third-order valence-electron chi connectivity index (χ3n) is 8.06. The zero-order valence-electron chi connectivity index (χ0n) is 27.8. The van der Waals surface area contributed by atoms with Crippen LogP contribution in [0.4, 0.5) is 39.7 Å². The van der Waals surface area contributed by atoms with Gasteiger partial charge in [-0.05, 0) is 49.1 Å². The number of ether oxygens (including phenoxy) is 3. The number of aromatic nitrogens is 3. The lowest BCUT2D eigenvalue weighted by molar-refractivity contribution is -0.140. The monoisotopic (exact) mass is 690 g/mol. The van der Waals surface area contributed by atoms with Crippen LogP contribution >= 0.6 is 0 Å². The Morgan fingerprint density at radius 1 is 1.04 bits per heavy atom. The van der Waals surface area contributed by atoms with Gasteiger partial charge in [0, 0.05) is 32.1 Å². The molecule has 0 radical (unpaired) electrons. The first-order chi connectivity index (χ1) is 23.3. The number of anilines is 3. The van der Waals surface area contributed by atoms with Crippen molar-refractivity contribution in [2.45, 2.75) is 71.5 Å². The summed E-state index contributed by atoms with van der Waals surface area (Å²) in [5.41, 5.74) is -0.0201. The minimum absolute atomic E-state index is 0.00768. The summed E-state index contributed by atoms with van der Waals surface area (Å²) in [7, 11) is 2.66. The fourth-order valence-corrected chi connectivity index (χ4v) is 5.73. The Morgan fingerprint density at radius 3 is 2.31 bits per heavy atom. The van der Waals surface area contributed by atoms with E-state index in [4.69, 9.17) is 9.47 Å². The number of amides is 2. The van der Waals surface area contributed by atoms with Crippen molar-refractivity contribution >= 4 is 35.3 Å². The van der Waals surface area contributed by atoms with Gasteiger partial charge in [0.05, 0.1) is 68.3 Å². The highest BCUT2D eigenvalue weighted by Crippen LogP contribution is 2.43. The maximum Gasteiger partial charge on any atom is 0.416 e. The van der Waals surface area contributed by atoms with Crippen LogP contribution < -0.4 is 19.4 Å². The molecule has 1 aliphatic rings. The smallest absolute Gasteiger partial charge is 0.416 e. The van der Waals surface area contributed by atoms with E-state index in [9.17, 15) is 31.9 Å². The van der Waals surface area contributed by atoms with E-state index in [0.717, 1.165) is 12.1 Å². The highest BCUT2D eigenvalue weighted by atomic mass is 19.4. The summed E-state index contributed by atoms with van der Waals surface area (Å²) in [6.07, 6.45) is -1.97. The molecular formula is C33H38F4N6O6. The fraction of sp³-hybridized carbons (Fsp3) is 0.455. The Labute approximate surface area is 281 Å². The largest absolute Gasteiger partial charge is 0.481 e. The maximum atomic E-state index is 13.9. The average molecular weight is 691 g/mol. The molecule has 0 saturated carbocycles. The van der Waals surface area contributed by atoms with Crippen molar-refractivity contribution in [2.75, 3.05) is 42.1 Å². The van der Waals surface area contributed by atoms with Gasteiger partial charge in [-0.25, -0.2) is 24.1 Å². The molecule has 49 heavy (non-hydrogen) atoms. The van der Waals surface area contributed by atoms with E-state index in [1.54, 1.807) is 24.0 Å². The number of fused-ring (bicyclic) bond motifs is 1. The number of nitrogens with zero attached hydrogens (tertiary/aromatic N) is 6. The lowest BCUT2D eigenvalue weighted by atomic mass is 9.92. The highest BCUT2D eigenvalue weighted by molar-refractivity contribution is 5.92. The molecule has 0 unspecified atom stereocenters. The van der Waals surface area contributed by atoms with Crippen LogP contribution in [0.2, 0.25) is 0 Å².